The molecule has 0 fully saturated rings. The Morgan fingerprint density at radius 3 is 2.41 bits per heavy atom. The van der Waals surface area contributed by atoms with Crippen LogP contribution in [0.3, 0.4) is 0 Å². The van der Waals surface area contributed by atoms with Gasteiger partial charge in [-0.25, -0.2) is 8.78 Å². The summed E-state index contributed by atoms with van der Waals surface area (Å²) in [5.74, 6) is -0.678. The number of carbonyl (C=O) groups is 1. The third-order valence-electron chi connectivity index (χ3n) is 4.35. The number of hydrogen-bond donors (Lipinski definition) is 1. The summed E-state index contributed by atoms with van der Waals surface area (Å²) in [6.45, 7) is 0.920. The monoisotopic (exact) mass is 457 g/mol. The lowest BCUT2D eigenvalue weighted by Gasteiger charge is -2.14. The van der Waals surface area contributed by atoms with Crippen LogP contribution in [-0.4, -0.2) is 31.5 Å². The molecule has 0 spiro atoms. The molecule has 0 aliphatic carbocycles. The van der Waals surface area contributed by atoms with Crippen molar-refractivity contribution in [2.45, 2.75) is 26.1 Å². The van der Waals surface area contributed by atoms with Crippen LogP contribution in [0.15, 0.2) is 52.8 Å². The van der Waals surface area contributed by atoms with Crippen molar-refractivity contribution in [1.82, 2.24) is 5.32 Å². The van der Waals surface area contributed by atoms with Gasteiger partial charge >= 0.3 is 6.18 Å². The molecule has 2 aromatic rings. The predicted octanol–water partition coefficient (Wildman–Crippen LogP) is 4.68. The van der Waals surface area contributed by atoms with E-state index in [2.05, 4.69) is 20.5 Å². The maximum atomic E-state index is 13.6. The highest BCUT2D eigenvalue weighted by Gasteiger charge is 2.30. The van der Waals surface area contributed by atoms with Crippen molar-refractivity contribution in [3.05, 3.63) is 70.3 Å². The molecule has 0 unspecified atom stereocenters. The maximum Gasteiger partial charge on any atom is 0.416 e. The number of benzene rings is 2. The molecule has 0 saturated carbocycles. The molecule has 6 nitrogen and oxygen atoms in total. The van der Waals surface area contributed by atoms with Gasteiger partial charge in [0.05, 0.1) is 11.3 Å². The lowest BCUT2D eigenvalue weighted by atomic mass is 9.97. The van der Waals surface area contributed by atoms with Crippen molar-refractivity contribution >= 4 is 17.3 Å². The smallest absolute Gasteiger partial charge is 0.398 e. The zero-order valence-electron chi connectivity index (χ0n) is 17.3. The number of alkyl halides is 5. The van der Waals surface area contributed by atoms with Gasteiger partial charge in [-0.1, -0.05) is 40.6 Å². The first kappa shape index (κ1) is 24.8. The topological polar surface area (TPSA) is 72.3 Å². The number of amides is 1. The summed E-state index contributed by atoms with van der Waals surface area (Å²) < 4.78 is 65.9. The molecular formula is C21H20F5N3O3. The quantitative estimate of drug-likeness (QED) is 0.356. The molecule has 172 valence electrons. The van der Waals surface area contributed by atoms with E-state index < -0.39 is 36.2 Å². The van der Waals surface area contributed by atoms with E-state index in [1.807, 2.05) is 0 Å². The predicted molar refractivity (Wildman–Crippen MR) is 107 cm³/mol. The molecule has 2 rings (SSSR count). The zero-order valence-corrected chi connectivity index (χ0v) is 17.3. The van der Waals surface area contributed by atoms with Crippen molar-refractivity contribution in [3.8, 4) is 0 Å². The van der Waals surface area contributed by atoms with Crippen LogP contribution in [-0.2, 0) is 27.3 Å². The summed E-state index contributed by atoms with van der Waals surface area (Å²) in [5.41, 5.74) is -1.31. The first-order chi connectivity index (χ1) is 15.1. The summed E-state index contributed by atoms with van der Waals surface area (Å²) in [6.07, 6.45) is -7.42. The summed E-state index contributed by atoms with van der Waals surface area (Å²) >= 11 is 0. The standard InChI is InChI=1S/C21H20F5N3O3/c1-12(13-6-4-7-14(10-13)21(24,25)26)28-32-11-17-15(8-5-9-16(17)19(22)23)18(29-31-3)20(30)27-2/h4-10,19H,11H2,1-3H3,(H,27,30)/b28-12+,29-18+. The van der Waals surface area contributed by atoms with Crippen LogP contribution in [0.5, 0.6) is 0 Å². The molecule has 0 heterocycles. The molecule has 1 N–H and O–H groups in total. The van der Waals surface area contributed by atoms with E-state index in [9.17, 15) is 26.7 Å². The number of likely N-dealkylation sites (N-methyl/N-ethyl adjacent to an activating group) is 1. The molecule has 1 amide bonds. The maximum absolute atomic E-state index is 13.6. The third-order valence-corrected chi connectivity index (χ3v) is 4.35. The summed E-state index contributed by atoms with van der Waals surface area (Å²) in [4.78, 5) is 22.0. The first-order valence-electron chi connectivity index (χ1n) is 9.17. The third kappa shape index (κ3) is 6.02. The van der Waals surface area contributed by atoms with E-state index in [1.54, 1.807) is 0 Å². The van der Waals surface area contributed by atoms with Crippen molar-refractivity contribution in [2.24, 2.45) is 10.3 Å². The molecule has 2 aromatic carbocycles. The fraction of sp³-hybridized carbons (Fsp3) is 0.286. The average Bonchev–Trinajstić information content (AvgIpc) is 2.76. The van der Waals surface area contributed by atoms with Gasteiger partial charge in [-0.05, 0) is 24.6 Å². The molecule has 0 aliphatic rings. The zero-order chi connectivity index (χ0) is 23.9. The summed E-state index contributed by atoms with van der Waals surface area (Å²) in [7, 11) is 2.53. The number of nitrogens with one attached hydrogen (secondary N) is 1. The van der Waals surface area contributed by atoms with Crippen molar-refractivity contribution in [2.75, 3.05) is 14.2 Å². The molecule has 0 atom stereocenters. The van der Waals surface area contributed by atoms with E-state index >= 15 is 0 Å². The van der Waals surface area contributed by atoms with E-state index in [1.165, 1.54) is 45.3 Å². The average molecular weight is 457 g/mol. The number of nitrogens with zero attached hydrogens (tertiary/aromatic N) is 2. The fourth-order valence-corrected chi connectivity index (χ4v) is 2.78. The summed E-state index contributed by atoms with van der Waals surface area (Å²) in [5, 5.41) is 9.71. The number of halogens is 5. The molecule has 0 bridgehead atoms. The van der Waals surface area contributed by atoms with Gasteiger partial charge in [0.15, 0.2) is 5.71 Å². The van der Waals surface area contributed by atoms with E-state index in [-0.39, 0.29) is 28.1 Å². The molecular weight excluding hydrogens is 437 g/mol. The Bertz CT molecular complexity index is 1020. The van der Waals surface area contributed by atoms with Crippen LogP contribution in [0.2, 0.25) is 0 Å². The highest BCUT2D eigenvalue weighted by atomic mass is 19.4. The number of hydrogen-bond acceptors (Lipinski definition) is 5. The van der Waals surface area contributed by atoms with Crippen LogP contribution in [0.1, 0.15) is 41.2 Å². The van der Waals surface area contributed by atoms with E-state index in [4.69, 9.17) is 4.84 Å². The minimum atomic E-state index is -4.53. The van der Waals surface area contributed by atoms with Gasteiger partial charge < -0.3 is 15.0 Å². The molecule has 11 heteroatoms. The normalized spacial score (nSPS) is 12.7. The Kier molecular flexibility index (Phi) is 8.27. The highest BCUT2D eigenvalue weighted by molar-refractivity contribution is 6.45. The van der Waals surface area contributed by atoms with Gasteiger partial charge in [-0.3, -0.25) is 4.79 Å². The lowest BCUT2D eigenvalue weighted by Crippen LogP contribution is -2.29. The second-order valence-corrected chi connectivity index (χ2v) is 6.40. The molecule has 32 heavy (non-hydrogen) atoms. The second kappa shape index (κ2) is 10.7. The van der Waals surface area contributed by atoms with Crippen LogP contribution < -0.4 is 5.32 Å². The minimum absolute atomic E-state index is 0.0379. The van der Waals surface area contributed by atoms with Gasteiger partial charge in [0.1, 0.15) is 13.7 Å². The SMILES string of the molecule is CNC(=O)/C(=N/OC)c1cccc(C(F)F)c1CO/N=C(\C)c1cccc(C(F)(F)F)c1. The molecule has 0 radical (unpaired) electrons. The minimum Gasteiger partial charge on any atom is -0.398 e. The Balaban J connectivity index is 2.38. The summed E-state index contributed by atoms with van der Waals surface area (Å²) in [6, 6.07) is 8.31. The fourth-order valence-electron chi connectivity index (χ4n) is 2.78. The number of carbonyl (C=O) groups excluding carboxylic acids is 1. The molecule has 0 saturated heterocycles. The van der Waals surface area contributed by atoms with Crippen LogP contribution in [0, 0.1) is 0 Å². The second-order valence-electron chi connectivity index (χ2n) is 6.40. The van der Waals surface area contributed by atoms with Crippen molar-refractivity contribution in [1.29, 1.82) is 0 Å². The Morgan fingerprint density at radius 2 is 1.81 bits per heavy atom. The van der Waals surface area contributed by atoms with Crippen LogP contribution in [0.4, 0.5) is 22.0 Å². The first-order valence-corrected chi connectivity index (χ1v) is 9.17. The largest absolute Gasteiger partial charge is 0.416 e. The van der Waals surface area contributed by atoms with Gasteiger partial charge in [-0.2, -0.15) is 13.2 Å². The highest BCUT2D eigenvalue weighted by Crippen LogP contribution is 2.30. The Hall–Kier alpha value is -3.50. The molecule has 0 aliphatic heterocycles. The van der Waals surface area contributed by atoms with Crippen LogP contribution in [0.25, 0.3) is 0 Å². The van der Waals surface area contributed by atoms with Gasteiger partial charge in [0.25, 0.3) is 12.3 Å². The number of oxime groups is 2. The van der Waals surface area contributed by atoms with Crippen molar-refractivity contribution in [3.63, 3.8) is 0 Å². The number of rotatable bonds is 8. The van der Waals surface area contributed by atoms with Gasteiger partial charge in [0, 0.05) is 23.7 Å². The Morgan fingerprint density at radius 1 is 1.12 bits per heavy atom. The van der Waals surface area contributed by atoms with Gasteiger partial charge in [0.2, 0.25) is 0 Å². The van der Waals surface area contributed by atoms with Gasteiger partial charge in [-0.15, -0.1) is 0 Å². The Labute approximate surface area is 180 Å². The lowest BCUT2D eigenvalue weighted by molar-refractivity contribution is -0.137. The van der Waals surface area contributed by atoms with E-state index in [0.29, 0.717) is 0 Å². The molecule has 0 aromatic heterocycles. The van der Waals surface area contributed by atoms with Crippen molar-refractivity contribution < 1.29 is 36.4 Å². The van der Waals surface area contributed by atoms with E-state index in [0.717, 1.165) is 18.2 Å². The van der Waals surface area contributed by atoms with Crippen LogP contribution >= 0.6 is 0 Å².